The predicted molar refractivity (Wildman–Crippen MR) is 90.9 cm³/mol. The van der Waals surface area contributed by atoms with Crippen LogP contribution < -0.4 is 0 Å². The van der Waals surface area contributed by atoms with E-state index in [1.54, 1.807) is 0 Å². The van der Waals surface area contributed by atoms with Gasteiger partial charge in [-0.05, 0) is 30.7 Å². The minimum Gasteiger partial charge on any atom is -0.360 e. The van der Waals surface area contributed by atoms with Crippen molar-refractivity contribution in [3.05, 3.63) is 28.4 Å². The molecular formula is C15H23BrN2OSi. The summed E-state index contributed by atoms with van der Waals surface area (Å²) >= 11 is 3.53. The standard InChI is InChI=1S/C15H23BrN2OSi/c1-5-15-13-10-12(16)6-7-14(13)17-18(15)11-19-8-9-20(2,3)4/h6-7,10H,5,8-9,11H2,1-4H3. The van der Waals surface area contributed by atoms with Crippen LogP contribution in [0, 0.1) is 0 Å². The van der Waals surface area contributed by atoms with E-state index in [0.29, 0.717) is 6.73 Å². The number of aryl methyl sites for hydroxylation is 1. The third-order valence-electron chi connectivity index (χ3n) is 3.35. The zero-order valence-electron chi connectivity index (χ0n) is 12.7. The summed E-state index contributed by atoms with van der Waals surface area (Å²) in [5.74, 6) is 0. The van der Waals surface area contributed by atoms with E-state index in [4.69, 9.17) is 4.74 Å². The molecule has 0 N–H and O–H groups in total. The van der Waals surface area contributed by atoms with Gasteiger partial charge in [-0.1, -0.05) is 42.5 Å². The van der Waals surface area contributed by atoms with Gasteiger partial charge in [0.2, 0.25) is 0 Å². The van der Waals surface area contributed by atoms with Crippen LogP contribution in [0.5, 0.6) is 0 Å². The molecule has 0 spiro atoms. The maximum Gasteiger partial charge on any atom is 0.139 e. The summed E-state index contributed by atoms with van der Waals surface area (Å²) in [7, 11) is -1.02. The summed E-state index contributed by atoms with van der Waals surface area (Å²) < 4.78 is 8.92. The van der Waals surface area contributed by atoms with Crippen LogP contribution in [0.15, 0.2) is 22.7 Å². The number of hydrogen-bond donors (Lipinski definition) is 0. The zero-order valence-corrected chi connectivity index (χ0v) is 15.3. The second-order valence-corrected chi connectivity index (χ2v) is 12.8. The van der Waals surface area contributed by atoms with Crippen LogP contribution in [0.25, 0.3) is 10.9 Å². The van der Waals surface area contributed by atoms with E-state index in [9.17, 15) is 0 Å². The molecule has 3 nitrogen and oxygen atoms in total. The van der Waals surface area contributed by atoms with Gasteiger partial charge in [-0.15, -0.1) is 0 Å². The predicted octanol–water partition coefficient (Wildman–Crippen LogP) is 4.67. The first-order chi connectivity index (χ1) is 9.40. The quantitative estimate of drug-likeness (QED) is 0.556. The van der Waals surface area contributed by atoms with Crippen molar-refractivity contribution in [2.24, 2.45) is 0 Å². The Morgan fingerprint density at radius 3 is 2.70 bits per heavy atom. The van der Waals surface area contributed by atoms with Crippen LogP contribution in [0.2, 0.25) is 25.7 Å². The van der Waals surface area contributed by atoms with Crippen molar-refractivity contribution in [3.63, 3.8) is 0 Å². The molecule has 2 rings (SSSR count). The molecule has 0 saturated carbocycles. The summed E-state index contributed by atoms with van der Waals surface area (Å²) in [5.41, 5.74) is 2.29. The van der Waals surface area contributed by atoms with Crippen molar-refractivity contribution < 1.29 is 4.74 Å². The molecule has 0 amide bonds. The molecule has 0 bridgehead atoms. The average Bonchev–Trinajstić information content (AvgIpc) is 2.70. The van der Waals surface area contributed by atoms with E-state index >= 15 is 0 Å². The van der Waals surface area contributed by atoms with Crippen LogP contribution in [0.3, 0.4) is 0 Å². The Hall–Kier alpha value is -0.653. The van der Waals surface area contributed by atoms with Crippen molar-refractivity contribution in [2.75, 3.05) is 6.61 Å². The van der Waals surface area contributed by atoms with Gasteiger partial charge in [0.15, 0.2) is 0 Å². The van der Waals surface area contributed by atoms with Crippen LogP contribution in [0.4, 0.5) is 0 Å². The first-order valence-electron chi connectivity index (χ1n) is 7.13. The minimum atomic E-state index is -1.02. The lowest BCUT2D eigenvalue weighted by molar-refractivity contribution is 0.0771. The molecule has 110 valence electrons. The van der Waals surface area contributed by atoms with Crippen molar-refractivity contribution >= 4 is 34.9 Å². The lowest BCUT2D eigenvalue weighted by atomic mass is 10.2. The lowest BCUT2D eigenvalue weighted by Crippen LogP contribution is -2.22. The lowest BCUT2D eigenvalue weighted by Gasteiger charge is -2.15. The molecule has 5 heteroatoms. The van der Waals surface area contributed by atoms with Gasteiger partial charge < -0.3 is 4.74 Å². The number of ether oxygens (including phenoxy) is 1. The molecule has 0 radical (unpaired) electrons. The normalized spacial score (nSPS) is 12.2. The van der Waals surface area contributed by atoms with E-state index in [0.717, 1.165) is 23.0 Å². The van der Waals surface area contributed by atoms with Gasteiger partial charge in [0.1, 0.15) is 6.73 Å². The molecule has 0 atom stereocenters. The van der Waals surface area contributed by atoms with E-state index in [1.165, 1.54) is 17.1 Å². The highest BCUT2D eigenvalue weighted by atomic mass is 79.9. The number of nitrogens with zero attached hydrogens (tertiary/aromatic N) is 2. The highest BCUT2D eigenvalue weighted by Gasteiger charge is 2.13. The Balaban J connectivity index is 2.10. The third kappa shape index (κ3) is 3.93. The molecule has 0 aliphatic rings. The third-order valence-corrected chi connectivity index (χ3v) is 5.55. The smallest absolute Gasteiger partial charge is 0.139 e. The van der Waals surface area contributed by atoms with Crippen LogP contribution >= 0.6 is 15.9 Å². The first kappa shape index (κ1) is 15.7. The number of hydrogen-bond acceptors (Lipinski definition) is 2. The topological polar surface area (TPSA) is 27.1 Å². The summed E-state index contributed by atoms with van der Waals surface area (Å²) in [6, 6.07) is 7.42. The molecule has 1 heterocycles. The minimum absolute atomic E-state index is 0.556. The Morgan fingerprint density at radius 2 is 2.05 bits per heavy atom. The van der Waals surface area contributed by atoms with Gasteiger partial charge in [-0.25, -0.2) is 4.68 Å². The monoisotopic (exact) mass is 354 g/mol. The van der Waals surface area contributed by atoms with E-state index in [-0.39, 0.29) is 0 Å². The zero-order chi connectivity index (χ0) is 14.8. The molecule has 0 aliphatic heterocycles. The molecule has 0 aliphatic carbocycles. The SMILES string of the molecule is CCc1c2cc(Br)ccc2nn1COCC[Si](C)(C)C. The van der Waals surface area contributed by atoms with Crippen LogP contribution in [0.1, 0.15) is 12.6 Å². The number of halogens is 1. The van der Waals surface area contributed by atoms with Crippen molar-refractivity contribution in [2.45, 2.75) is 45.8 Å². The molecule has 1 aromatic heterocycles. The van der Waals surface area contributed by atoms with Crippen molar-refractivity contribution in [3.8, 4) is 0 Å². The summed E-state index contributed by atoms with van der Waals surface area (Å²) in [5, 5.41) is 5.86. The fourth-order valence-electron chi connectivity index (χ4n) is 2.17. The molecular weight excluding hydrogens is 332 g/mol. The van der Waals surface area contributed by atoms with Gasteiger partial charge in [0.25, 0.3) is 0 Å². The van der Waals surface area contributed by atoms with Crippen molar-refractivity contribution in [1.29, 1.82) is 0 Å². The van der Waals surface area contributed by atoms with E-state index in [2.05, 4.69) is 59.7 Å². The molecule has 0 fully saturated rings. The van der Waals surface area contributed by atoms with Crippen LogP contribution in [-0.2, 0) is 17.9 Å². The van der Waals surface area contributed by atoms with Gasteiger partial charge in [-0.3, -0.25) is 0 Å². The second-order valence-electron chi connectivity index (χ2n) is 6.31. The van der Waals surface area contributed by atoms with Gasteiger partial charge in [-0.2, -0.15) is 5.10 Å². The molecule has 20 heavy (non-hydrogen) atoms. The first-order valence-corrected chi connectivity index (χ1v) is 11.6. The molecule has 1 aromatic carbocycles. The number of aromatic nitrogens is 2. The number of fused-ring (bicyclic) bond motifs is 1. The highest BCUT2D eigenvalue weighted by molar-refractivity contribution is 9.10. The average molecular weight is 355 g/mol. The van der Waals surface area contributed by atoms with Gasteiger partial charge in [0.05, 0.1) is 5.52 Å². The molecule has 2 aromatic rings. The fraction of sp³-hybridized carbons (Fsp3) is 0.533. The molecule has 0 unspecified atom stereocenters. The van der Waals surface area contributed by atoms with Crippen LogP contribution in [-0.4, -0.2) is 24.5 Å². The maximum atomic E-state index is 5.82. The Kier molecular flexibility index (Phi) is 5.04. The Bertz CT molecular complexity index is 589. The molecule has 0 saturated heterocycles. The van der Waals surface area contributed by atoms with E-state index < -0.39 is 8.07 Å². The summed E-state index contributed by atoms with van der Waals surface area (Å²) in [4.78, 5) is 0. The Morgan fingerprint density at radius 1 is 1.30 bits per heavy atom. The second kappa shape index (κ2) is 6.41. The highest BCUT2D eigenvalue weighted by Crippen LogP contribution is 2.23. The van der Waals surface area contributed by atoms with E-state index in [1.807, 2.05) is 10.7 Å². The fourth-order valence-corrected chi connectivity index (χ4v) is 3.28. The number of rotatable bonds is 6. The summed E-state index contributed by atoms with van der Waals surface area (Å²) in [6.07, 6.45) is 0.963. The maximum absolute atomic E-state index is 5.82. The van der Waals surface area contributed by atoms with Gasteiger partial charge >= 0.3 is 0 Å². The largest absolute Gasteiger partial charge is 0.360 e. The van der Waals surface area contributed by atoms with Crippen molar-refractivity contribution in [1.82, 2.24) is 9.78 Å². The van der Waals surface area contributed by atoms with Gasteiger partial charge in [0, 0.05) is 30.2 Å². The summed E-state index contributed by atoms with van der Waals surface area (Å²) in [6.45, 7) is 10.7. The number of benzene rings is 1. The Labute approximate surface area is 130 Å².